The Labute approximate surface area is 147 Å². The highest BCUT2D eigenvalue weighted by atomic mass is 32.1. The standard InChI is InChI=1S/C16H19F3N4OS/c1-3-14-20-6-11(25-14)15(24)22(2)7-10-4-5-13-21-12(16(17,18)19)9-23(13)8-10/h6,9-10H,3-5,7-8H2,1-2H3/t10-/m1/s1. The predicted octanol–water partition coefficient (Wildman–Crippen LogP) is 3.26. The molecule has 25 heavy (non-hydrogen) atoms. The van der Waals surface area contributed by atoms with E-state index in [1.54, 1.807) is 22.7 Å². The molecule has 0 N–H and O–H groups in total. The normalized spacial score (nSPS) is 17.4. The Morgan fingerprint density at radius 1 is 1.48 bits per heavy atom. The van der Waals surface area contributed by atoms with Crippen molar-refractivity contribution < 1.29 is 18.0 Å². The number of carbonyl (C=O) groups excluding carboxylic acids is 1. The fraction of sp³-hybridized carbons (Fsp3) is 0.562. The van der Waals surface area contributed by atoms with Gasteiger partial charge in [0.05, 0.1) is 11.2 Å². The first kappa shape index (κ1) is 17.9. The highest BCUT2D eigenvalue weighted by Crippen LogP contribution is 2.31. The lowest BCUT2D eigenvalue weighted by Crippen LogP contribution is -2.35. The van der Waals surface area contributed by atoms with Crippen LogP contribution in [-0.2, 0) is 25.6 Å². The van der Waals surface area contributed by atoms with E-state index in [0.717, 1.165) is 24.0 Å². The van der Waals surface area contributed by atoms with Crippen LogP contribution in [0.5, 0.6) is 0 Å². The number of fused-ring (bicyclic) bond motifs is 1. The molecule has 0 fully saturated rings. The smallest absolute Gasteiger partial charge is 0.341 e. The number of alkyl halides is 3. The van der Waals surface area contributed by atoms with Crippen molar-refractivity contribution in [3.05, 3.63) is 33.8 Å². The van der Waals surface area contributed by atoms with Crippen molar-refractivity contribution >= 4 is 17.2 Å². The van der Waals surface area contributed by atoms with Gasteiger partial charge in [-0.3, -0.25) is 4.79 Å². The first-order valence-electron chi connectivity index (χ1n) is 8.11. The van der Waals surface area contributed by atoms with E-state index in [4.69, 9.17) is 0 Å². The largest absolute Gasteiger partial charge is 0.434 e. The predicted molar refractivity (Wildman–Crippen MR) is 87.5 cm³/mol. The molecule has 5 nitrogen and oxygen atoms in total. The van der Waals surface area contributed by atoms with Crippen molar-refractivity contribution in [2.45, 2.75) is 38.9 Å². The van der Waals surface area contributed by atoms with Gasteiger partial charge in [-0.15, -0.1) is 11.3 Å². The van der Waals surface area contributed by atoms with Crippen molar-refractivity contribution in [2.75, 3.05) is 13.6 Å². The average molecular weight is 372 g/mol. The Kier molecular flexibility index (Phi) is 4.86. The maximum Gasteiger partial charge on any atom is 0.434 e. The highest BCUT2D eigenvalue weighted by Gasteiger charge is 2.36. The van der Waals surface area contributed by atoms with Gasteiger partial charge in [0.25, 0.3) is 5.91 Å². The second-order valence-corrected chi connectivity index (χ2v) is 7.37. The van der Waals surface area contributed by atoms with Crippen molar-refractivity contribution in [3.8, 4) is 0 Å². The number of imidazole rings is 1. The fourth-order valence-corrected chi connectivity index (χ4v) is 3.88. The molecule has 9 heteroatoms. The maximum absolute atomic E-state index is 12.8. The molecule has 0 saturated heterocycles. The molecule has 0 unspecified atom stereocenters. The van der Waals surface area contributed by atoms with Crippen LogP contribution in [0.15, 0.2) is 12.4 Å². The first-order chi connectivity index (χ1) is 11.8. The zero-order valence-corrected chi connectivity index (χ0v) is 14.8. The van der Waals surface area contributed by atoms with Gasteiger partial charge >= 0.3 is 6.18 Å². The van der Waals surface area contributed by atoms with Crippen LogP contribution in [0.25, 0.3) is 0 Å². The number of nitrogens with zero attached hydrogens (tertiary/aromatic N) is 4. The zero-order chi connectivity index (χ0) is 18.2. The number of amides is 1. The number of aryl methyl sites for hydroxylation is 2. The molecule has 3 rings (SSSR count). The fourth-order valence-electron chi connectivity index (χ4n) is 3.03. The molecule has 0 bridgehead atoms. The van der Waals surface area contributed by atoms with E-state index < -0.39 is 11.9 Å². The number of rotatable bonds is 4. The van der Waals surface area contributed by atoms with E-state index in [1.807, 2.05) is 6.92 Å². The molecule has 1 aliphatic heterocycles. The molecule has 2 aromatic heterocycles. The maximum atomic E-state index is 12.8. The number of carbonyl (C=O) groups is 1. The van der Waals surface area contributed by atoms with Crippen LogP contribution < -0.4 is 0 Å². The lowest BCUT2D eigenvalue weighted by atomic mass is 9.99. The molecule has 1 aliphatic rings. The van der Waals surface area contributed by atoms with Crippen LogP contribution in [0.2, 0.25) is 0 Å². The molecular formula is C16H19F3N4OS. The Bertz CT molecular complexity index is 768. The van der Waals surface area contributed by atoms with Gasteiger partial charge in [-0.05, 0) is 18.8 Å². The van der Waals surface area contributed by atoms with Gasteiger partial charge in [-0.25, -0.2) is 9.97 Å². The summed E-state index contributed by atoms with van der Waals surface area (Å²) >= 11 is 1.38. The van der Waals surface area contributed by atoms with Crippen LogP contribution in [0, 0.1) is 5.92 Å². The van der Waals surface area contributed by atoms with E-state index >= 15 is 0 Å². The summed E-state index contributed by atoms with van der Waals surface area (Å²) in [5, 5.41) is 0.914. The Morgan fingerprint density at radius 3 is 2.88 bits per heavy atom. The SMILES string of the molecule is CCc1ncc(C(=O)N(C)C[C@H]2CCc3nc(C(F)(F)F)cn3C2)s1. The summed E-state index contributed by atoms with van der Waals surface area (Å²) in [6.45, 7) is 2.92. The van der Waals surface area contributed by atoms with Gasteiger partial charge in [-0.2, -0.15) is 13.2 Å². The van der Waals surface area contributed by atoms with Gasteiger partial charge in [0.2, 0.25) is 0 Å². The van der Waals surface area contributed by atoms with E-state index in [2.05, 4.69) is 9.97 Å². The van der Waals surface area contributed by atoms with Crippen LogP contribution >= 0.6 is 11.3 Å². The Hall–Kier alpha value is -1.90. The van der Waals surface area contributed by atoms with Crippen molar-refractivity contribution in [3.63, 3.8) is 0 Å². The molecule has 0 spiro atoms. The number of hydrogen-bond donors (Lipinski definition) is 0. The number of thiazole rings is 1. The first-order valence-corrected chi connectivity index (χ1v) is 8.93. The Balaban J connectivity index is 1.64. The summed E-state index contributed by atoms with van der Waals surface area (Å²) in [4.78, 5) is 22.6. The zero-order valence-electron chi connectivity index (χ0n) is 14.0. The number of halogens is 3. The summed E-state index contributed by atoms with van der Waals surface area (Å²) in [5.74, 6) is 0.479. The van der Waals surface area contributed by atoms with Crippen molar-refractivity contribution in [1.29, 1.82) is 0 Å². The van der Waals surface area contributed by atoms with Crippen LogP contribution in [0.4, 0.5) is 13.2 Å². The summed E-state index contributed by atoms with van der Waals surface area (Å²) in [5.41, 5.74) is -0.843. The quantitative estimate of drug-likeness (QED) is 0.828. The number of hydrogen-bond acceptors (Lipinski definition) is 4. The van der Waals surface area contributed by atoms with E-state index in [0.29, 0.717) is 30.2 Å². The van der Waals surface area contributed by atoms with E-state index in [-0.39, 0.29) is 11.8 Å². The molecule has 2 aromatic rings. The molecular weight excluding hydrogens is 353 g/mol. The van der Waals surface area contributed by atoms with Crippen LogP contribution in [0.3, 0.4) is 0 Å². The molecule has 0 radical (unpaired) electrons. The highest BCUT2D eigenvalue weighted by molar-refractivity contribution is 7.13. The third-order valence-electron chi connectivity index (χ3n) is 4.33. The molecule has 136 valence electrons. The summed E-state index contributed by atoms with van der Waals surface area (Å²) in [6, 6.07) is 0. The lowest BCUT2D eigenvalue weighted by molar-refractivity contribution is -0.141. The molecule has 1 atom stereocenters. The monoisotopic (exact) mass is 372 g/mol. The second-order valence-electron chi connectivity index (χ2n) is 6.25. The van der Waals surface area contributed by atoms with E-state index in [1.165, 1.54) is 11.3 Å². The molecule has 0 aliphatic carbocycles. The third-order valence-corrected chi connectivity index (χ3v) is 5.46. The van der Waals surface area contributed by atoms with Gasteiger partial charge in [0.1, 0.15) is 10.7 Å². The van der Waals surface area contributed by atoms with Gasteiger partial charge in [0.15, 0.2) is 5.69 Å². The summed E-state index contributed by atoms with van der Waals surface area (Å²) in [6.07, 6.45) is 0.232. The van der Waals surface area contributed by atoms with Crippen molar-refractivity contribution in [1.82, 2.24) is 19.4 Å². The molecule has 3 heterocycles. The van der Waals surface area contributed by atoms with Gasteiger partial charge in [0, 0.05) is 32.8 Å². The lowest BCUT2D eigenvalue weighted by Gasteiger charge is -2.27. The van der Waals surface area contributed by atoms with Gasteiger partial charge in [-0.1, -0.05) is 6.92 Å². The topological polar surface area (TPSA) is 51.0 Å². The minimum Gasteiger partial charge on any atom is -0.341 e. The minimum absolute atomic E-state index is 0.0930. The second kappa shape index (κ2) is 6.78. The summed E-state index contributed by atoms with van der Waals surface area (Å²) < 4.78 is 39.9. The van der Waals surface area contributed by atoms with Gasteiger partial charge < -0.3 is 9.47 Å². The van der Waals surface area contributed by atoms with Crippen LogP contribution in [-0.4, -0.2) is 38.9 Å². The Morgan fingerprint density at radius 2 is 2.24 bits per heavy atom. The minimum atomic E-state index is -4.42. The molecule has 1 amide bonds. The number of aromatic nitrogens is 3. The average Bonchev–Trinajstić information content (AvgIpc) is 3.19. The molecule has 0 aromatic carbocycles. The summed E-state index contributed by atoms with van der Waals surface area (Å²) in [7, 11) is 1.72. The van der Waals surface area contributed by atoms with E-state index in [9.17, 15) is 18.0 Å². The van der Waals surface area contributed by atoms with Crippen molar-refractivity contribution in [2.24, 2.45) is 5.92 Å². The third kappa shape index (κ3) is 3.86. The van der Waals surface area contributed by atoms with Crippen LogP contribution in [0.1, 0.15) is 39.5 Å². The molecule has 0 saturated carbocycles.